The van der Waals surface area contributed by atoms with Crippen LogP contribution in [0.1, 0.15) is 17.5 Å². The Hall–Kier alpha value is -2.63. The summed E-state index contributed by atoms with van der Waals surface area (Å²) in [6.07, 6.45) is 0. The maximum absolute atomic E-state index is 11.5. The van der Waals surface area contributed by atoms with Crippen molar-refractivity contribution < 1.29 is 13.9 Å². The third-order valence-corrected chi connectivity index (χ3v) is 2.60. The average Bonchev–Trinajstić information content (AvgIpc) is 3.05. The van der Waals surface area contributed by atoms with Gasteiger partial charge in [-0.25, -0.2) is 4.79 Å². The summed E-state index contributed by atoms with van der Waals surface area (Å²) in [4.78, 5) is 15.5. The predicted molar refractivity (Wildman–Crippen MR) is 67.5 cm³/mol. The number of nitrogens with zero attached hydrogens (tertiary/aromatic N) is 2. The lowest BCUT2D eigenvalue weighted by molar-refractivity contribution is 0.0512. The first kappa shape index (κ1) is 11.5. The number of carbonyl (C=O) groups is 1. The van der Waals surface area contributed by atoms with Crippen molar-refractivity contribution in [3.63, 3.8) is 0 Å². The standard InChI is InChI=1S/C13H11N3O3/c1-2-18-13(17)12-14-11(15-16-12)10-7-8-5-3-4-6-9(8)19-10/h3-7H,2H2,1H3,(H,14,15,16). The van der Waals surface area contributed by atoms with E-state index in [1.807, 2.05) is 30.3 Å². The summed E-state index contributed by atoms with van der Waals surface area (Å²) in [5.74, 6) is 0.377. The van der Waals surface area contributed by atoms with Crippen molar-refractivity contribution in [2.24, 2.45) is 0 Å². The van der Waals surface area contributed by atoms with Gasteiger partial charge in [0.25, 0.3) is 0 Å². The molecule has 0 atom stereocenters. The topological polar surface area (TPSA) is 81.0 Å². The number of hydrogen-bond acceptors (Lipinski definition) is 5. The molecule has 0 aliphatic heterocycles. The zero-order valence-electron chi connectivity index (χ0n) is 10.2. The molecule has 0 saturated carbocycles. The number of carbonyl (C=O) groups excluding carboxylic acids is 1. The van der Waals surface area contributed by atoms with E-state index in [2.05, 4.69) is 15.2 Å². The SMILES string of the molecule is CCOC(=O)c1nc(-c2cc3ccccc3o2)n[nH]1. The number of para-hydroxylation sites is 1. The van der Waals surface area contributed by atoms with Gasteiger partial charge in [-0.05, 0) is 19.1 Å². The number of aromatic amines is 1. The zero-order valence-corrected chi connectivity index (χ0v) is 10.2. The number of furan rings is 1. The molecule has 3 aromatic rings. The van der Waals surface area contributed by atoms with Crippen LogP contribution in [0.3, 0.4) is 0 Å². The van der Waals surface area contributed by atoms with Gasteiger partial charge >= 0.3 is 5.97 Å². The van der Waals surface area contributed by atoms with Crippen LogP contribution in [0.15, 0.2) is 34.7 Å². The van der Waals surface area contributed by atoms with Crippen molar-refractivity contribution in [3.05, 3.63) is 36.2 Å². The van der Waals surface area contributed by atoms with Crippen molar-refractivity contribution in [1.29, 1.82) is 0 Å². The van der Waals surface area contributed by atoms with Crippen LogP contribution in [0.2, 0.25) is 0 Å². The number of aromatic nitrogens is 3. The van der Waals surface area contributed by atoms with Crippen molar-refractivity contribution in [3.8, 4) is 11.6 Å². The Bertz CT molecular complexity index is 696. The van der Waals surface area contributed by atoms with E-state index >= 15 is 0 Å². The summed E-state index contributed by atoms with van der Waals surface area (Å²) < 4.78 is 10.4. The smallest absolute Gasteiger partial charge is 0.375 e. The second-order valence-electron chi connectivity index (χ2n) is 3.88. The van der Waals surface area contributed by atoms with Crippen molar-refractivity contribution in [2.75, 3.05) is 6.61 Å². The highest BCUT2D eigenvalue weighted by molar-refractivity contribution is 5.86. The average molecular weight is 257 g/mol. The molecule has 1 aromatic carbocycles. The molecule has 6 nitrogen and oxygen atoms in total. The first-order valence-corrected chi connectivity index (χ1v) is 5.86. The van der Waals surface area contributed by atoms with Gasteiger partial charge in [0.15, 0.2) is 5.76 Å². The van der Waals surface area contributed by atoms with Gasteiger partial charge < -0.3 is 9.15 Å². The number of H-pyrrole nitrogens is 1. The molecule has 2 heterocycles. The van der Waals surface area contributed by atoms with E-state index in [1.165, 1.54) is 0 Å². The van der Waals surface area contributed by atoms with Crippen LogP contribution in [-0.4, -0.2) is 27.8 Å². The Balaban J connectivity index is 1.96. The third-order valence-electron chi connectivity index (χ3n) is 2.60. The van der Waals surface area contributed by atoms with Crippen LogP contribution in [0.25, 0.3) is 22.6 Å². The first-order valence-electron chi connectivity index (χ1n) is 5.86. The van der Waals surface area contributed by atoms with Crippen LogP contribution >= 0.6 is 0 Å². The molecule has 19 heavy (non-hydrogen) atoms. The molecule has 0 unspecified atom stereocenters. The van der Waals surface area contributed by atoms with Crippen LogP contribution in [-0.2, 0) is 4.74 Å². The lowest BCUT2D eigenvalue weighted by atomic mass is 10.2. The van der Waals surface area contributed by atoms with E-state index in [0.717, 1.165) is 11.0 Å². The number of benzene rings is 1. The number of rotatable bonds is 3. The number of hydrogen-bond donors (Lipinski definition) is 1. The fourth-order valence-electron chi connectivity index (χ4n) is 1.75. The summed E-state index contributed by atoms with van der Waals surface area (Å²) in [5, 5.41) is 7.45. The molecule has 0 saturated heterocycles. The first-order chi connectivity index (χ1) is 9.28. The van der Waals surface area contributed by atoms with E-state index < -0.39 is 5.97 Å². The highest BCUT2D eigenvalue weighted by atomic mass is 16.5. The van der Waals surface area contributed by atoms with Crippen LogP contribution in [0.5, 0.6) is 0 Å². The molecule has 96 valence electrons. The van der Waals surface area contributed by atoms with Gasteiger partial charge in [-0.1, -0.05) is 18.2 Å². The summed E-state index contributed by atoms with van der Waals surface area (Å²) in [5.41, 5.74) is 0.750. The summed E-state index contributed by atoms with van der Waals surface area (Å²) in [6.45, 7) is 2.02. The lowest BCUT2D eigenvalue weighted by Crippen LogP contribution is -2.06. The largest absolute Gasteiger partial charge is 0.460 e. The van der Waals surface area contributed by atoms with Gasteiger partial charge in [0.05, 0.1) is 6.61 Å². The molecule has 6 heteroatoms. The fraction of sp³-hybridized carbons (Fsp3) is 0.154. The van der Waals surface area contributed by atoms with Crippen LogP contribution < -0.4 is 0 Å². The minimum atomic E-state index is -0.530. The lowest BCUT2D eigenvalue weighted by Gasteiger charge is -1.94. The summed E-state index contributed by atoms with van der Waals surface area (Å²) >= 11 is 0. The molecule has 3 rings (SSSR count). The minimum absolute atomic E-state index is 0.0670. The Labute approximate surface area is 108 Å². The summed E-state index contributed by atoms with van der Waals surface area (Å²) in [6, 6.07) is 9.42. The van der Waals surface area contributed by atoms with Crippen molar-refractivity contribution >= 4 is 16.9 Å². The third kappa shape index (κ3) is 2.08. The second kappa shape index (κ2) is 4.56. The maximum Gasteiger partial charge on any atom is 0.375 e. The molecule has 2 aromatic heterocycles. The Morgan fingerprint density at radius 2 is 2.26 bits per heavy atom. The zero-order chi connectivity index (χ0) is 13.2. The molecule has 0 aliphatic carbocycles. The molecular weight excluding hydrogens is 246 g/mol. The number of fused-ring (bicyclic) bond motifs is 1. The van der Waals surface area contributed by atoms with Gasteiger partial charge in [-0.2, -0.15) is 4.98 Å². The van der Waals surface area contributed by atoms with Gasteiger partial charge in [0.1, 0.15) is 5.58 Å². The number of esters is 1. The van der Waals surface area contributed by atoms with Crippen LogP contribution in [0, 0.1) is 0 Å². The molecule has 0 aliphatic rings. The van der Waals surface area contributed by atoms with Gasteiger partial charge in [-0.15, -0.1) is 5.10 Å². The van der Waals surface area contributed by atoms with E-state index in [1.54, 1.807) is 6.92 Å². The normalized spacial score (nSPS) is 10.8. The van der Waals surface area contributed by atoms with E-state index in [0.29, 0.717) is 18.2 Å². The van der Waals surface area contributed by atoms with Crippen molar-refractivity contribution in [1.82, 2.24) is 15.2 Å². The van der Waals surface area contributed by atoms with E-state index in [4.69, 9.17) is 9.15 Å². The predicted octanol–water partition coefficient (Wildman–Crippen LogP) is 2.39. The van der Waals surface area contributed by atoms with Gasteiger partial charge in [0, 0.05) is 5.39 Å². The Kier molecular flexibility index (Phi) is 2.75. The Morgan fingerprint density at radius 1 is 1.42 bits per heavy atom. The second-order valence-corrected chi connectivity index (χ2v) is 3.88. The minimum Gasteiger partial charge on any atom is -0.460 e. The molecule has 1 N–H and O–H groups in total. The van der Waals surface area contributed by atoms with E-state index in [-0.39, 0.29) is 5.82 Å². The molecular formula is C13H11N3O3. The molecule has 0 amide bonds. The molecule has 0 spiro atoms. The number of ether oxygens (including phenoxy) is 1. The highest BCUT2D eigenvalue weighted by Gasteiger charge is 2.16. The maximum atomic E-state index is 11.5. The van der Waals surface area contributed by atoms with Crippen LogP contribution in [0.4, 0.5) is 0 Å². The van der Waals surface area contributed by atoms with Gasteiger partial charge in [0.2, 0.25) is 11.6 Å². The number of nitrogens with one attached hydrogen (secondary N) is 1. The monoisotopic (exact) mass is 257 g/mol. The molecule has 0 fully saturated rings. The summed E-state index contributed by atoms with van der Waals surface area (Å²) in [7, 11) is 0. The Morgan fingerprint density at radius 3 is 3.05 bits per heavy atom. The van der Waals surface area contributed by atoms with E-state index in [9.17, 15) is 4.79 Å². The van der Waals surface area contributed by atoms with Crippen molar-refractivity contribution in [2.45, 2.75) is 6.92 Å². The van der Waals surface area contributed by atoms with Gasteiger partial charge in [-0.3, -0.25) is 5.10 Å². The molecule has 0 bridgehead atoms. The quantitative estimate of drug-likeness (QED) is 0.728. The molecule has 0 radical (unpaired) electrons. The highest BCUT2D eigenvalue weighted by Crippen LogP contribution is 2.25. The fourth-order valence-corrected chi connectivity index (χ4v) is 1.75.